The molecule has 2 rings (SSSR count). The van der Waals surface area contributed by atoms with Crippen LogP contribution in [0.25, 0.3) is 0 Å². The number of rotatable bonds is 3. The molecule has 1 aromatic rings. The molecule has 1 saturated heterocycles. The zero-order valence-corrected chi connectivity index (χ0v) is 10.6. The van der Waals surface area contributed by atoms with Gasteiger partial charge in [0.1, 0.15) is 5.82 Å². The fraction of sp³-hybridized carbons (Fsp3) is 0.500. The smallest absolute Gasteiger partial charge is 0.125 e. The molecule has 2 nitrogen and oxygen atoms in total. The Bertz CT molecular complexity index is 353. The van der Waals surface area contributed by atoms with Crippen molar-refractivity contribution in [1.82, 2.24) is 0 Å². The summed E-state index contributed by atoms with van der Waals surface area (Å²) in [6.07, 6.45) is 2.17. The van der Waals surface area contributed by atoms with E-state index in [1.807, 2.05) is 0 Å². The van der Waals surface area contributed by atoms with E-state index in [-0.39, 0.29) is 5.82 Å². The van der Waals surface area contributed by atoms with Crippen LogP contribution in [0.1, 0.15) is 12.8 Å². The van der Waals surface area contributed by atoms with Gasteiger partial charge in [0.15, 0.2) is 0 Å². The van der Waals surface area contributed by atoms with Crippen LogP contribution in [0.2, 0.25) is 0 Å². The minimum Gasteiger partial charge on any atom is -0.384 e. The fourth-order valence-electron chi connectivity index (χ4n) is 1.84. The average Bonchev–Trinajstić information content (AvgIpc) is 2.32. The normalized spacial score (nSPS) is 17.4. The van der Waals surface area contributed by atoms with Crippen molar-refractivity contribution in [2.75, 3.05) is 25.1 Å². The van der Waals surface area contributed by atoms with E-state index in [1.54, 1.807) is 6.07 Å². The van der Waals surface area contributed by atoms with Crippen molar-refractivity contribution >= 4 is 21.6 Å². The molecule has 1 aromatic carbocycles. The van der Waals surface area contributed by atoms with Crippen molar-refractivity contribution in [2.24, 2.45) is 5.92 Å². The number of hydrogen-bond acceptors (Lipinski definition) is 2. The predicted octanol–water partition coefficient (Wildman–Crippen LogP) is 3.43. The van der Waals surface area contributed by atoms with E-state index >= 15 is 0 Å². The molecular weight excluding hydrogens is 273 g/mol. The van der Waals surface area contributed by atoms with Gasteiger partial charge in [0.05, 0.1) is 5.69 Å². The summed E-state index contributed by atoms with van der Waals surface area (Å²) < 4.78 is 19.2. The lowest BCUT2D eigenvalue weighted by atomic mass is 10.0. The van der Waals surface area contributed by atoms with Crippen molar-refractivity contribution in [3.05, 3.63) is 28.5 Å². The number of hydrogen-bond donors (Lipinski definition) is 1. The first-order valence-corrected chi connectivity index (χ1v) is 6.31. The fourth-order valence-corrected chi connectivity index (χ4v) is 2.22. The average molecular weight is 288 g/mol. The third-order valence-corrected chi connectivity index (χ3v) is 3.54. The van der Waals surface area contributed by atoms with Crippen LogP contribution in [0.3, 0.4) is 0 Å². The lowest BCUT2D eigenvalue weighted by Crippen LogP contribution is -2.22. The maximum absolute atomic E-state index is 13.0. The van der Waals surface area contributed by atoms with E-state index in [4.69, 9.17) is 4.74 Å². The molecule has 1 heterocycles. The predicted molar refractivity (Wildman–Crippen MR) is 66.1 cm³/mol. The van der Waals surface area contributed by atoms with E-state index in [0.717, 1.165) is 42.8 Å². The Morgan fingerprint density at radius 2 is 2.12 bits per heavy atom. The van der Waals surface area contributed by atoms with Crippen molar-refractivity contribution in [3.63, 3.8) is 0 Å². The molecule has 1 aliphatic heterocycles. The van der Waals surface area contributed by atoms with Crippen LogP contribution in [-0.4, -0.2) is 19.8 Å². The van der Waals surface area contributed by atoms with Gasteiger partial charge < -0.3 is 10.1 Å². The maximum atomic E-state index is 13.0. The molecule has 0 atom stereocenters. The molecule has 0 amide bonds. The highest BCUT2D eigenvalue weighted by Gasteiger charge is 2.13. The summed E-state index contributed by atoms with van der Waals surface area (Å²) in [5.41, 5.74) is 0.825. The van der Waals surface area contributed by atoms with Crippen molar-refractivity contribution in [2.45, 2.75) is 12.8 Å². The topological polar surface area (TPSA) is 21.3 Å². The van der Waals surface area contributed by atoms with E-state index in [1.165, 1.54) is 12.1 Å². The number of benzene rings is 1. The minimum absolute atomic E-state index is 0.210. The Hall–Kier alpha value is -0.610. The second-order valence-corrected chi connectivity index (χ2v) is 4.92. The lowest BCUT2D eigenvalue weighted by molar-refractivity contribution is 0.0699. The summed E-state index contributed by atoms with van der Waals surface area (Å²) in [5, 5.41) is 3.28. The quantitative estimate of drug-likeness (QED) is 0.920. The molecule has 88 valence electrons. The van der Waals surface area contributed by atoms with Gasteiger partial charge in [-0.1, -0.05) is 0 Å². The van der Waals surface area contributed by atoms with Gasteiger partial charge in [0.2, 0.25) is 0 Å². The van der Waals surface area contributed by atoms with E-state index in [9.17, 15) is 4.39 Å². The standard InChI is InChI=1S/C12H15BrFNO/c13-11-2-1-10(14)7-12(11)15-8-9-3-5-16-6-4-9/h1-2,7,9,15H,3-6,8H2. The Morgan fingerprint density at radius 3 is 2.88 bits per heavy atom. The summed E-state index contributed by atoms with van der Waals surface area (Å²) in [6.45, 7) is 2.57. The summed E-state index contributed by atoms with van der Waals surface area (Å²) in [4.78, 5) is 0. The Balaban J connectivity index is 1.90. The highest BCUT2D eigenvalue weighted by Crippen LogP contribution is 2.24. The molecule has 4 heteroatoms. The molecule has 0 unspecified atom stereocenters. The molecule has 1 N–H and O–H groups in total. The van der Waals surface area contributed by atoms with Crippen LogP contribution in [-0.2, 0) is 4.74 Å². The molecule has 0 radical (unpaired) electrons. The lowest BCUT2D eigenvalue weighted by Gasteiger charge is -2.23. The van der Waals surface area contributed by atoms with Crippen LogP contribution < -0.4 is 5.32 Å². The largest absolute Gasteiger partial charge is 0.384 e. The van der Waals surface area contributed by atoms with Gasteiger partial charge in [-0.2, -0.15) is 0 Å². The minimum atomic E-state index is -0.210. The van der Waals surface area contributed by atoms with Crippen molar-refractivity contribution in [3.8, 4) is 0 Å². The van der Waals surface area contributed by atoms with Gasteiger partial charge in [0.25, 0.3) is 0 Å². The highest BCUT2D eigenvalue weighted by molar-refractivity contribution is 9.10. The Kier molecular flexibility index (Phi) is 4.18. The summed E-state index contributed by atoms with van der Waals surface area (Å²) in [7, 11) is 0. The van der Waals surface area contributed by atoms with Crippen LogP contribution in [0, 0.1) is 11.7 Å². The van der Waals surface area contributed by atoms with Crippen LogP contribution in [0.5, 0.6) is 0 Å². The van der Waals surface area contributed by atoms with Gasteiger partial charge in [-0.25, -0.2) is 4.39 Å². The molecular formula is C12H15BrFNO. The number of anilines is 1. The van der Waals surface area contributed by atoms with E-state index in [2.05, 4.69) is 21.2 Å². The third kappa shape index (κ3) is 3.19. The van der Waals surface area contributed by atoms with E-state index < -0.39 is 0 Å². The van der Waals surface area contributed by atoms with Gasteiger partial charge in [-0.15, -0.1) is 0 Å². The zero-order valence-electron chi connectivity index (χ0n) is 9.01. The molecule has 0 aromatic heterocycles. The van der Waals surface area contributed by atoms with Crippen molar-refractivity contribution < 1.29 is 9.13 Å². The SMILES string of the molecule is Fc1ccc(Br)c(NCC2CCOCC2)c1. The van der Waals surface area contributed by atoms with Gasteiger partial charge in [0, 0.05) is 24.2 Å². The first kappa shape index (κ1) is 11.9. The zero-order chi connectivity index (χ0) is 11.4. The van der Waals surface area contributed by atoms with Gasteiger partial charge in [-0.3, -0.25) is 0 Å². The Morgan fingerprint density at radius 1 is 1.38 bits per heavy atom. The van der Waals surface area contributed by atoms with Gasteiger partial charge >= 0.3 is 0 Å². The second-order valence-electron chi connectivity index (χ2n) is 4.06. The molecule has 1 aliphatic rings. The van der Waals surface area contributed by atoms with Crippen molar-refractivity contribution in [1.29, 1.82) is 0 Å². The highest BCUT2D eigenvalue weighted by atomic mass is 79.9. The molecule has 0 bridgehead atoms. The first-order valence-electron chi connectivity index (χ1n) is 5.52. The monoisotopic (exact) mass is 287 g/mol. The Labute approximate surface area is 103 Å². The second kappa shape index (κ2) is 5.64. The molecule has 1 fully saturated rings. The van der Waals surface area contributed by atoms with Crippen LogP contribution >= 0.6 is 15.9 Å². The van der Waals surface area contributed by atoms with Crippen LogP contribution in [0.15, 0.2) is 22.7 Å². The first-order chi connectivity index (χ1) is 7.75. The number of nitrogens with one attached hydrogen (secondary N) is 1. The number of ether oxygens (including phenoxy) is 1. The third-order valence-electron chi connectivity index (χ3n) is 2.85. The molecule has 0 spiro atoms. The maximum Gasteiger partial charge on any atom is 0.125 e. The van der Waals surface area contributed by atoms with E-state index in [0.29, 0.717) is 5.92 Å². The molecule has 16 heavy (non-hydrogen) atoms. The summed E-state index contributed by atoms with van der Waals surface area (Å²) in [6, 6.07) is 4.69. The molecule has 0 saturated carbocycles. The summed E-state index contributed by atoms with van der Waals surface area (Å²) >= 11 is 3.40. The summed E-state index contributed by atoms with van der Waals surface area (Å²) in [5.74, 6) is 0.418. The number of halogens is 2. The van der Waals surface area contributed by atoms with Gasteiger partial charge in [-0.05, 0) is 52.9 Å². The molecule has 0 aliphatic carbocycles. The van der Waals surface area contributed by atoms with Crippen LogP contribution in [0.4, 0.5) is 10.1 Å².